The lowest BCUT2D eigenvalue weighted by Crippen LogP contribution is -2.42. The molecule has 0 radical (unpaired) electrons. The van der Waals surface area contributed by atoms with Gasteiger partial charge in [0.1, 0.15) is 5.75 Å². The highest BCUT2D eigenvalue weighted by atomic mass is 32.2. The van der Waals surface area contributed by atoms with Crippen molar-refractivity contribution in [1.29, 1.82) is 5.26 Å². The van der Waals surface area contributed by atoms with E-state index in [1.165, 1.54) is 0 Å². The molecule has 1 aliphatic heterocycles. The third-order valence-electron chi connectivity index (χ3n) is 7.42. The number of aliphatic carboxylic acids is 1. The Morgan fingerprint density at radius 1 is 1.26 bits per heavy atom. The molecule has 2 heterocycles. The van der Waals surface area contributed by atoms with Crippen molar-refractivity contribution in [3.63, 3.8) is 0 Å². The first-order valence-electron chi connectivity index (χ1n) is 13.1. The summed E-state index contributed by atoms with van der Waals surface area (Å²) in [5, 5.41) is 30.6. The van der Waals surface area contributed by atoms with Gasteiger partial charge in [-0.25, -0.2) is 0 Å². The van der Waals surface area contributed by atoms with Crippen molar-refractivity contribution in [2.75, 3.05) is 32.5 Å². The molecule has 0 bridgehead atoms. The van der Waals surface area contributed by atoms with E-state index in [0.717, 1.165) is 71.8 Å². The number of carbonyl (C=O) groups is 1. The Kier molecular flexibility index (Phi) is 9.99. The van der Waals surface area contributed by atoms with Gasteiger partial charge in [0.15, 0.2) is 0 Å². The number of methoxy groups -OCH3 is 1. The average Bonchev–Trinajstić information content (AvgIpc) is 2.93. The summed E-state index contributed by atoms with van der Waals surface area (Å²) in [4.78, 5) is 19.5. The van der Waals surface area contributed by atoms with E-state index >= 15 is 0 Å². The third-order valence-corrected chi connectivity index (χ3v) is 8.50. The molecule has 4 rings (SSSR count). The molecule has 1 aliphatic rings. The van der Waals surface area contributed by atoms with Gasteiger partial charge in [0, 0.05) is 29.4 Å². The standard InChI is InChI=1S/C30H35N3O4S/c1-37-24-7-8-28-27(18-24)26(10-12-32-28)29(34)9-6-22-11-14-33(20-23(22)17-30(35)36)13-3-15-38-25-5-2-4-21(16-25)19-31/h2,4-5,7-8,10,12,16,18,22-23,29,34H,3,6,9,11,13-15,17,20H2,1H3,(H,35,36)/t22-,23+,29+/m1/s1. The van der Waals surface area contributed by atoms with E-state index in [9.17, 15) is 15.0 Å². The predicted molar refractivity (Wildman–Crippen MR) is 149 cm³/mol. The maximum Gasteiger partial charge on any atom is 0.303 e. The van der Waals surface area contributed by atoms with Crippen LogP contribution < -0.4 is 4.74 Å². The number of benzene rings is 2. The van der Waals surface area contributed by atoms with Crippen molar-refractivity contribution < 1.29 is 19.7 Å². The van der Waals surface area contributed by atoms with Crippen LogP contribution in [0.1, 0.15) is 49.3 Å². The van der Waals surface area contributed by atoms with Crippen molar-refractivity contribution in [3.05, 3.63) is 65.9 Å². The normalized spacial score (nSPS) is 18.7. The van der Waals surface area contributed by atoms with Crippen molar-refractivity contribution in [2.45, 2.75) is 43.1 Å². The number of aliphatic hydroxyl groups is 1. The number of hydrogen-bond donors (Lipinski definition) is 2. The zero-order chi connectivity index (χ0) is 26.9. The van der Waals surface area contributed by atoms with Crippen molar-refractivity contribution in [1.82, 2.24) is 9.88 Å². The van der Waals surface area contributed by atoms with Crippen molar-refractivity contribution in [2.24, 2.45) is 11.8 Å². The van der Waals surface area contributed by atoms with Gasteiger partial charge in [0.2, 0.25) is 0 Å². The van der Waals surface area contributed by atoms with Gasteiger partial charge in [0.05, 0.1) is 30.4 Å². The number of nitriles is 1. The van der Waals surface area contributed by atoms with E-state index in [-0.39, 0.29) is 18.3 Å². The number of aromatic nitrogens is 1. The zero-order valence-electron chi connectivity index (χ0n) is 21.8. The molecule has 0 saturated carbocycles. The van der Waals surface area contributed by atoms with Crippen LogP contribution in [0.3, 0.4) is 0 Å². The fourth-order valence-electron chi connectivity index (χ4n) is 5.42. The van der Waals surface area contributed by atoms with Gasteiger partial charge in [-0.3, -0.25) is 9.78 Å². The number of thioether (sulfide) groups is 1. The monoisotopic (exact) mass is 533 g/mol. The minimum atomic E-state index is -0.762. The van der Waals surface area contributed by atoms with Gasteiger partial charge in [-0.15, -0.1) is 11.8 Å². The smallest absolute Gasteiger partial charge is 0.303 e. The summed E-state index contributed by atoms with van der Waals surface area (Å²) in [7, 11) is 1.62. The summed E-state index contributed by atoms with van der Waals surface area (Å²) in [5.74, 6) is 1.25. The summed E-state index contributed by atoms with van der Waals surface area (Å²) in [6, 6.07) is 17.4. The van der Waals surface area contributed by atoms with E-state index in [2.05, 4.69) is 16.0 Å². The molecule has 0 unspecified atom stereocenters. The second kappa shape index (κ2) is 13.6. The molecule has 0 aliphatic carbocycles. The van der Waals surface area contributed by atoms with E-state index in [0.29, 0.717) is 12.0 Å². The molecule has 200 valence electrons. The predicted octanol–water partition coefficient (Wildman–Crippen LogP) is 5.52. The Morgan fingerprint density at radius 2 is 2.13 bits per heavy atom. The van der Waals surface area contributed by atoms with E-state index < -0.39 is 12.1 Å². The lowest BCUT2D eigenvalue weighted by Gasteiger charge is -2.38. The van der Waals surface area contributed by atoms with Crippen LogP contribution in [0.5, 0.6) is 5.75 Å². The number of likely N-dealkylation sites (tertiary alicyclic amines) is 1. The molecule has 2 N–H and O–H groups in total. The third kappa shape index (κ3) is 7.47. The van der Waals surface area contributed by atoms with Crippen LogP contribution in [0.4, 0.5) is 0 Å². The summed E-state index contributed by atoms with van der Waals surface area (Å²) < 4.78 is 5.36. The fraction of sp³-hybridized carbons (Fsp3) is 0.433. The highest BCUT2D eigenvalue weighted by molar-refractivity contribution is 7.99. The van der Waals surface area contributed by atoms with Gasteiger partial charge in [-0.1, -0.05) is 6.07 Å². The first-order valence-corrected chi connectivity index (χ1v) is 14.1. The van der Waals surface area contributed by atoms with Crippen LogP contribution in [-0.2, 0) is 4.79 Å². The molecule has 7 nitrogen and oxygen atoms in total. The highest BCUT2D eigenvalue weighted by Gasteiger charge is 2.31. The zero-order valence-corrected chi connectivity index (χ0v) is 22.6. The first kappa shape index (κ1) is 27.9. The Balaban J connectivity index is 1.30. The molecule has 8 heteroatoms. The van der Waals surface area contributed by atoms with Gasteiger partial charge in [0.25, 0.3) is 0 Å². The number of aliphatic hydroxyl groups excluding tert-OH is 1. The number of carboxylic acids is 1. The maximum absolute atomic E-state index is 11.6. The highest BCUT2D eigenvalue weighted by Crippen LogP contribution is 2.35. The number of pyridine rings is 1. The molecular weight excluding hydrogens is 498 g/mol. The second-order valence-corrected chi connectivity index (χ2v) is 11.1. The van der Waals surface area contributed by atoms with Crippen molar-refractivity contribution in [3.8, 4) is 11.8 Å². The number of nitrogens with zero attached hydrogens (tertiary/aromatic N) is 3. The SMILES string of the molecule is COc1ccc2nccc([C@@H](O)CC[C@@H]3CCN(CCCSc4cccc(C#N)c4)C[C@@H]3CC(=O)O)c2c1. The minimum absolute atomic E-state index is 0.0719. The molecule has 1 fully saturated rings. The largest absolute Gasteiger partial charge is 0.497 e. The number of piperidine rings is 1. The number of rotatable bonds is 12. The van der Waals surface area contributed by atoms with Crippen LogP contribution in [0, 0.1) is 23.2 Å². The molecule has 0 spiro atoms. The number of carboxylic acid groups (broad SMARTS) is 1. The Labute approximate surface area is 228 Å². The minimum Gasteiger partial charge on any atom is -0.497 e. The molecule has 2 aromatic carbocycles. The van der Waals surface area contributed by atoms with Gasteiger partial charge in [-0.2, -0.15) is 5.26 Å². The molecular formula is C30H35N3O4S. The van der Waals surface area contributed by atoms with Crippen LogP contribution in [0.15, 0.2) is 59.6 Å². The summed E-state index contributed by atoms with van der Waals surface area (Å²) >= 11 is 1.75. The molecule has 3 aromatic rings. The van der Waals surface area contributed by atoms with Crippen LogP contribution in [0.2, 0.25) is 0 Å². The molecule has 3 atom stereocenters. The molecule has 1 saturated heterocycles. The number of hydrogen-bond acceptors (Lipinski definition) is 7. The van der Waals surface area contributed by atoms with E-state index in [1.807, 2.05) is 48.5 Å². The topological polar surface area (TPSA) is 107 Å². The first-order chi connectivity index (χ1) is 18.5. The number of fused-ring (bicyclic) bond motifs is 1. The van der Waals surface area contributed by atoms with Gasteiger partial charge >= 0.3 is 5.97 Å². The summed E-state index contributed by atoms with van der Waals surface area (Å²) in [5.41, 5.74) is 2.32. The number of ether oxygens (including phenoxy) is 1. The Morgan fingerprint density at radius 3 is 2.92 bits per heavy atom. The summed E-state index contributed by atoms with van der Waals surface area (Å²) in [6.45, 7) is 2.65. The van der Waals surface area contributed by atoms with Crippen LogP contribution in [0.25, 0.3) is 10.9 Å². The van der Waals surface area contributed by atoms with Crippen LogP contribution >= 0.6 is 11.8 Å². The lowest BCUT2D eigenvalue weighted by atomic mass is 9.79. The fourth-order valence-corrected chi connectivity index (χ4v) is 6.31. The summed E-state index contributed by atoms with van der Waals surface area (Å²) in [6.07, 6.45) is 4.53. The second-order valence-electron chi connectivity index (χ2n) is 9.93. The Hall–Kier alpha value is -3.12. The molecule has 0 amide bonds. The maximum atomic E-state index is 11.6. The van der Waals surface area contributed by atoms with E-state index in [4.69, 9.17) is 10.00 Å². The van der Waals surface area contributed by atoms with Gasteiger partial charge < -0.3 is 19.8 Å². The quantitative estimate of drug-likeness (QED) is 0.231. The van der Waals surface area contributed by atoms with Gasteiger partial charge in [-0.05, 0) is 104 Å². The Bertz CT molecular complexity index is 1280. The van der Waals surface area contributed by atoms with Crippen molar-refractivity contribution >= 4 is 28.6 Å². The molecule has 38 heavy (non-hydrogen) atoms. The lowest BCUT2D eigenvalue weighted by molar-refractivity contribution is -0.139. The average molecular weight is 534 g/mol. The van der Waals surface area contributed by atoms with Crippen LogP contribution in [-0.4, -0.2) is 58.6 Å². The molecule has 1 aromatic heterocycles. The van der Waals surface area contributed by atoms with E-state index in [1.54, 1.807) is 25.1 Å².